The Morgan fingerprint density at radius 3 is 2.71 bits per heavy atom. The molecular weight excluding hydrogens is 239 g/mol. The predicted molar refractivity (Wildman–Crippen MR) is 68.6 cm³/mol. The summed E-state index contributed by atoms with van der Waals surface area (Å²) in [4.78, 5) is 2.30. The lowest BCUT2D eigenvalue weighted by atomic mass is 10.00. The maximum atomic E-state index is 13.4. The summed E-state index contributed by atoms with van der Waals surface area (Å²) in [5.41, 5.74) is 7.02. The van der Waals surface area contributed by atoms with E-state index in [4.69, 9.17) is 17.3 Å². The van der Waals surface area contributed by atoms with Gasteiger partial charge >= 0.3 is 0 Å². The molecule has 0 spiro atoms. The lowest BCUT2D eigenvalue weighted by Gasteiger charge is -2.30. The molecule has 0 unspecified atom stereocenters. The molecule has 1 aliphatic heterocycles. The third kappa shape index (κ3) is 2.62. The minimum Gasteiger partial charge on any atom is -0.326 e. The van der Waals surface area contributed by atoms with E-state index in [-0.39, 0.29) is 17.9 Å². The van der Waals surface area contributed by atoms with Crippen molar-refractivity contribution >= 4 is 11.6 Å². The van der Waals surface area contributed by atoms with Gasteiger partial charge in [0.1, 0.15) is 5.82 Å². The van der Waals surface area contributed by atoms with Gasteiger partial charge in [-0.1, -0.05) is 11.6 Å². The smallest absolute Gasteiger partial charge is 0.125 e. The molecule has 0 bridgehead atoms. The SMILES string of the molecule is CC(C)N1CC[C@@H](N)[C@@H]1c1cc(F)cc(Cl)c1. The summed E-state index contributed by atoms with van der Waals surface area (Å²) in [5, 5.41) is 0.433. The van der Waals surface area contributed by atoms with Crippen molar-refractivity contribution in [2.75, 3.05) is 6.54 Å². The van der Waals surface area contributed by atoms with Crippen molar-refractivity contribution in [3.05, 3.63) is 34.6 Å². The van der Waals surface area contributed by atoms with Crippen molar-refractivity contribution in [2.45, 2.75) is 38.4 Å². The minimum absolute atomic E-state index is 0.0512. The van der Waals surface area contributed by atoms with Gasteiger partial charge in [0.05, 0.1) is 6.04 Å². The van der Waals surface area contributed by atoms with Crippen molar-refractivity contribution in [3.8, 4) is 0 Å². The highest BCUT2D eigenvalue weighted by atomic mass is 35.5. The van der Waals surface area contributed by atoms with E-state index in [0.29, 0.717) is 11.1 Å². The third-order valence-electron chi connectivity index (χ3n) is 3.37. The van der Waals surface area contributed by atoms with Crippen molar-refractivity contribution < 1.29 is 4.39 Å². The van der Waals surface area contributed by atoms with Crippen LogP contribution in [0.1, 0.15) is 31.9 Å². The molecule has 2 N–H and O–H groups in total. The number of benzene rings is 1. The Morgan fingerprint density at radius 1 is 1.41 bits per heavy atom. The summed E-state index contributed by atoms with van der Waals surface area (Å²) in [5.74, 6) is -0.296. The van der Waals surface area contributed by atoms with Crippen LogP contribution in [0.25, 0.3) is 0 Å². The molecule has 94 valence electrons. The Bertz CT molecular complexity index is 388. The zero-order valence-electron chi connectivity index (χ0n) is 10.2. The average molecular weight is 257 g/mol. The molecule has 0 amide bonds. The molecule has 1 fully saturated rings. The second-order valence-corrected chi connectivity index (χ2v) is 5.37. The molecule has 0 aliphatic carbocycles. The average Bonchev–Trinajstić information content (AvgIpc) is 2.58. The van der Waals surface area contributed by atoms with Crippen LogP contribution in [0.3, 0.4) is 0 Å². The Morgan fingerprint density at radius 2 is 2.12 bits per heavy atom. The molecule has 0 saturated carbocycles. The highest BCUT2D eigenvalue weighted by Crippen LogP contribution is 2.34. The van der Waals surface area contributed by atoms with Gasteiger partial charge in [0, 0.05) is 23.7 Å². The molecule has 0 aromatic heterocycles. The van der Waals surface area contributed by atoms with Gasteiger partial charge in [0.25, 0.3) is 0 Å². The van der Waals surface area contributed by atoms with Crippen LogP contribution in [0.15, 0.2) is 18.2 Å². The first-order chi connectivity index (χ1) is 7.99. The van der Waals surface area contributed by atoms with Gasteiger partial charge in [-0.15, -0.1) is 0 Å². The first-order valence-corrected chi connectivity index (χ1v) is 6.34. The molecule has 1 saturated heterocycles. The standard InChI is InChI=1S/C13H18ClFN2/c1-8(2)17-4-3-12(16)13(17)9-5-10(14)7-11(15)6-9/h5-8,12-13H,3-4,16H2,1-2H3/t12-,13+/m1/s1. The van der Waals surface area contributed by atoms with Crippen LogP contribution >= 0.6 is 11.6 Å². The molecule has 1 aromatic rings. The summed E-state index contributed by atoms with van der Waals surface area (Å²) in [7, 11) is 0. The van der Waals surface area contributed by atoms with E-state index in [0.717, 1.165) is 18.5 Å². The van der Waals surface area contributed by atoms with Crippen molar-refractivity contribution in [1.29, 1.82) is 0 Å². The summed E-state index contributed by atoms with van der Waals surface area (Å²) in [6.07, 6.45) is 0.941. The second kappa shape index (κ2) is 4.92. The number of nitrogens with two attached hydrogens (primary N) is 1. The zero-order valence-corrected chi connectivity index (χ0v) is 10.9. The van der Waals surface area contributed by atoms with Crippen LogP contribution in [-0.2, 0) is 0 Å². The second-order valence-electron chi connectivity index (χ2n) is 4.93. The fourth-order valence-electron chi connectivity index (χ4n) is 2.61. The topological polar surface area (TPSA) is 29.3 Å². The van der Waals surface area contributed by atoms with E-state index < -0.39 is 0 Å². The Balaban J connectivity index is 2.36. The van der Waals surface area contributed by atoms with Gasteiger partial charge in [-0.05, 0) is 44.0 Å². The van der Waals surface area contributed by atoms with Gasteiger partial charge in [0.2, 0.25) is 0 Å². The van der Waals surface area contributed by atoms with E-state index >= 15 is 0 Å². The van der Waals surface area contributed by atoms with Gasteiger partial charge < -0.3 is 5.73 Å². The fourth-order valence-corrected chi connectivity index (χ4v) is 2.84. The molecular formula is C13H18ClFN2. The predicted octanol–water partition coefficient (Wildman–Crippen LogP) is 2.96. The number of halogens is 2. The number of likely N-dealkylation sites (tertiary alicyclic amines) is 1. The molecule has 4 heteroatoms. The van der Waals surface area contributed by atoms with Gasteiger partial charge in [0.15, 0.2) is 0 Å². The minimum atomic E-state index is -0.296. The lowest BCUT2D eigenvalue weighted by Crippen LogP contribution is -2.35. The van der Waals surface area contributed by atoms with E-state index in [1.807, 2.05) is 6.07 Å². The third-order valence-corrected chi connectivity index (χ3v) is 3.59. The number of hydrogen-bond donors (Lipinski definition) is 1. The molecule has 1 aliphatic rings. The Kier molecular flexibility index (Phi) is 3.71. The summed E-state index contributed by atoms with van der Waals surface area (Å²) >= 11 is 5.90. The molecule has 0 radical (unpaired) electrons. The van der Waals surface area contributed by atoms with Crippen LogP contribution in [0, 0.1) is 5.82 Å². The maximum absolute atomic E-state index is 13.4. The molecule has 1 aromatic carbocycles. The van der Waals surface area contributed by atoms with Gasteiger partial charge in [-0.3, -0.25) is 4.90 Å². The van der Waals surface area contributed by atoms with E-state index in [1.54, 1.807) is 0 Å². The van der Waals surface area contributed by atoms with E-state index in [2.05, 4.69) is 18.7 Å². The lowest BCUT2D eigenvalue weighted by molar-refractivity contribution is 0.198. The van der Waals surface area contributed by atoms with Crippen LogP contribution in [-0.4, -0.2) is 23.5 Å². The van der Waals surface area contributed by atoms with Crippen LogP contribution in [0.4, 0.5) is 4.39 Å². The zero-order chi connectivity index (χ0) is 12.6. The van der Waals surface area contributed by atoms with Crippen molar-refractivity contribution in [1.82, 2.24) is 4.90 Å². The molecule has 17 heavy (non-hydrogen) atoms. The monoisotopic (exact) mass is 256 g/mol. The van der Waals surface area contributed by atoms with E-state index in [9.17, 15) is 4.39 Å². The normalized spacial score (nSPS) is 25.8. The number of nitrogens with zero attached hydrogens (tertiary/aromatic N) is 1. The van der Waals surface area contributed by atoms with Crippen molar-refractivity contribution in [3.63, 3.8) is 0 Å². The Labute approximate surface area is 107 Å². The molecule has 2 nitrogen and oxygen atoms in total. The molecule has 2 atom stereocenters. The Hall–Kier alpha value is -0.640. The highest BCUT2D eigenvalue weighted by Gasteiger charge is 2.34. The first kappa shape index (κ1) is 12.8. The van der Waals surface area contributed by atoms with Crippen LogP contribution < -0.4 is 5.73 Å². The van der Waals surface area contributed by atoms with Crippen LogP contribution in [0.5, 0.6) is 0 Å². The summed E-state index contributed by atoms with van der Waals surface area (Å²) in [6.45, 7) is 5.22. The number of rotatable bonds is 2. The van der Waals surface area contributed by atoms with Gasteiger partial charge in [-0.25, -0.2) is 4.39 Å². The van der Waals surface area contributed by atoms with Crippen molar-refractivity contribution in [2.24, 2.45) is 5.73 Å². The fraction of sp³-hybridized carbons (Fsp3) is 0.538. The first-order valence-electron chi connectivity index (χ1n) is 5.96. The highest BCUT2D eigenvalue weighted by molar-refractivity contribution is 6.30. The van der Waals surface area contributed by atoms with E-state index in [1.165, 1.54) is 12.1 Å². The molecule has 1 heterocycles. The number of hydrogen-bond acceptors (Lipinski definition) is 2. The largest absolute Gasteiger partial charge is 0.326 e. The van der Waals surface area contributed by atoms with Gasteiger partial charge in [-0.2, -0.15) is 0 Å². The summed E-state index contributed by atoms with van der Waals surface area (Å²) in [6, 6.07) is 5.20. The van der Waals surface area contributed by atoms with Crippen LogP contribution in [0.2, 0.25) is 5.02 Å². The summed E-state index contributed by atoms with van der Waals surface area (Å²) < 4.78 is 13.4. The maximum Gasteiger partial charge on any atom is 0.125 e. The molecule has 2 rings (SSSR count). The quantitative estimate of drug-likeness (QED) is 0.882.